The second kappa shape index (κ2) is 12.6. The average Bonchev–Trinajstić information content (AvgIpc) is 3.38. The number of halogens is 1. The van der Waals surface area contributed by atoms with Crippen molar-refractivity contribution >= 4 is 29.9 Å². The number of likely N-dealkylation sites (N-methyl/N-ethyl adjacent to an activating group) is 1. The second-order valence-corrected chi connectivity index (χ2v) is 7.91. The Bertz CT molecular complexity index is 635. The minimum atomic E-state index is 0. The van der Waals surface area contributed by atoms with Crippen molar-refractivity contribution in [2.75, 3.05) is 53.4 Å². The van der Waals surface area contributed by atoms with Crippen molar-refractivity contribution in [1.29, 1.82) is 0 Å². The van der Waals surface area contributed by atoms with E-state index in [9.17, 15) is 0 Å². The maximum Gasteiger partial charge on any atom is 0.191 e. The first-order valence-corrected chi connectivity index (χ1v) is 10.8. The Balaban J connectivity index is 0.00000300. The van der Waals surface area contributed by atoms with Crippen LogP contribution in [0.5, 0.6) is 5.75 Å². The van der Waals surface area contributed by atoms with E-state index in [-0.39, 0.29) is 24.0 Å². The summed E-state index contributed by atoms with van der Waals surface area (Å²) in [6, 6.07) is 9.36. The Morgan fingerprint density at radius 1 is 1.21 bits per heavy atom. The maximum atomic E-state index is 5.45. The van der Waals surface area contributed by atoms with Crippen molar-refractivity contribution in [3.63, 3.8) is 0 Å². The molecule has 0 aliphatic carbocycles. The molecule has 0 bridgehead atoms. The normalized spacial score (nSPS) is 21.6. The molecule has 0 spiro atoms. The number of nitrogens with zero attached hydrogens (tertiary/aromatic N) is 3. The summed E-state index contributed by atoms with van der Waals surface area (Å²) in [7, 11) is 3.95. The standard InChI is InChI=1S/C22H37N5O.HI/c1-4-23-22(24-16-19-10-8-12-26(19)2)25-17-21(27-13-5-6-14-27)18-9-7-11-20(15-18)28-3;/h7,9,11,15,19,21H,4-6,8,10,12-14,16-17H2,1-3H3,(H2,23,24,25);1H. The highest BCUT2D eigenvalue weighted by atomic mass is 127. The predicted molar refractivity (Wildman–Crippen MR) is 132 cm³/mol. The molecule has 7 heteroatoms. The topological polar surface area (TPSA) is 52.1 Å². The summed E-state index contributed by atoms with van der Waals surface area (Å²) in [5, 5.41) is 6.99. The van der Waals surface area contributed by atoms with Crippen molar-refractivity contribution in [3.8, 4) is 5.75 Å². The van der Waals surface area contributed by atoms with Crippen molar-refractivity contribution in [3.05, 3.63) is 29.8 Å². The van der Waals surface area contributed by atoms with Crippen LogP contribution in [0.4, 0.5) is 0 Å². The highest BCUT2D eigenvalue weighted by Gasteiger charge is 2.24. The van der Waals surface area contributed by atoms with E-state index in [1.165, 1.54) is 37.8 Å². The third-order valence-corrected chi connectivity index (χ3v) is 6.00. The molecule has 0 saturated carbocycles. The fourth-order valence-electron chi connectivity index (χ4n) is 4.30. The molecule has 2 fully saturated rings. The van der Waals surface area contributed by atoms with Crippen molar-refractivity contribution in [1.82, 2.24) is 20.4 Å². The zero-order valence-electron chi connectivity index (χ0n) is 18.2. The second-order valence-electron chi connectivity index (χ2n) is 7.91. The average molecular weight is 515 g/mol. The lowest BCUT2D eigenvalue weighted by atomic mass is 10.1. The van der Waals surface area contributed by atoms with E-state index in [0.717, 1.165) is 44.4 Å². The Morgan fingerprint density at radius 3 is 2.66 bits per heavy atom. The highest BCUT2D eigenvalue weighted by Crippen LogP contribution is 2.28. The number of rotatable bonds is 8. The summed E-state index contributed by atoms with van der Waals surface area (Å²) in [5.74, 6) is 1.84. The van der Waals surface area contributed by atoms with Crippen LogP contribution in [-0.4, -0.2) is 75.2 Å². The van der Waals surface area contributed by atoms with Gasteiger partial charge in [0, 0.05) is 19.1 Å². The van der Waals surface area contributed by atoms with Crippen LogP contribution >= 0.6 is 24.0 Å². The zero-order chi connectivity index (χ0) is 19.8. The number of methoxy groups -OCH3 is 1. The first-order chi connectivity index (χ1) is 13.7. The van der Waals surface area contributed by atoms with Gasteiger partial charge in [-0.05, 0) is 77.0 Å². The number of benzene rings is 1. The monoisotopic (exact) mass is 515 g/mol. The molecule has 2 aliphatic heterocycles. The molecule has 0 radical (unpaired) electrons. The summed E-state index contributed by atoms with van der Waals surface area (Å²) >= 11 is 0. The number of likely N-dealkylation sites (tertiary alicyclic amines) is 2. The molecule has 2 atom stereocenters. The van der Waals surface area contributed by atoms with E-state index in [2.05, 4.69) is 52.6 Å². The lowest BCUT2D eigenvalue weighted by Gasteiger charge is -2.27. The number of guanidine groups is 1. The fraction of sp³-hybridized carbons (Fsp3) is 0.682. The van der Waals surface area contributed by atoms with Crippen LogP contribution in [0.3, 0.4) is 0 Å². The van der Waals surface area contributed by atoms with Gasteiger partial charge >= 0.3 is 0 Å². The summed E-state index contributed by atoms with van der Waals surface area (Å²) in [6.07, 6.45) is 5.11. The molecule has 1 aromatic rings. The molecular formula is C22H38IN5O. The van der Waals surface area contributed by atoms with Crippen molar-refractivity contribution in [2.24, 2.45) is 4.99 Å². The molecule has 2 N–H and O–H groups in total. The van der Waals surface area contributed by atoms with Crippen LogP contribution in [0.25, 0.3) is 0 Å². The minimum absolute atomic E-state index is 0. The lowest BCUT2D eigenvalue weighted by Crippen LogP contribution is -2.44. The highest BCUT2D eigenvalue weighted by molar-refractivity contribution is 14.0. The minimum Gasteiger partial charge on any atom is -0.497 e. The molecule has 0 aromatic heterocycles. The van der Waals surface area contributed by atoms with Crippen LogP contribution in [0.2, 0.25) is 0 Å². The van der Waals surface area contributed by atoms with Gasteiger partial charge in [0.15, 0.2) is 5.96 Å². The van der Waals surface area contributed by atoms with E-state index >= 15 is 0 Å². The number of ether oxygens (including phenoxy) is 1. The molecular weight excluding hydrogens is 477 g/mol. The van der Waals surface area contributed by atoms with E-state index in [4.69, 9.17) is 9.73 Å². The number of hydrogen-bond acceptors (Lipinski definition) is 4. The fourth-order valence-corrected chi connectivity index (χ4v) is 4.30. The first-order valence-electron chi connectivity index (χ1n) is 10.8. The molecule has 164 valence electrons. The van der Waals surface area contributed by atoms with Crippen LogP contribution in [-0.2, 0) is 0 Å². The van der Waals surface area contributed by atoms with Gasteiger partial charge in [0.05, 0.1) is 19.7 Å². The molecule has 2 saturated heterocycles. The van der Waals surface area contributed by atoms with Gasteiger partial charge in [0.25, 0.3) is 0 Å². The summed E-state index contributed by atoms with van der Waals surface area (Å²) in [5.41, 5.74) is 1.29. The Morgan fingerprint density at radius 2 is 2.00 bits per heavy atom. The molecule has 1 aromatic carbocycles. The van der Waals surface area contributed by atoms with Gasteiger partial charge in [-0.2, -0.15) is 0 Å². The SMILES string of the molecule is CCNC(=NCC(c1cccc(OC)c1)N1CCCC1)NCC1CCCN1C.I. The van der Waals surface area contributed by atoms with Gasteiger partial charge < -0.3 is 20.3 Å². The molecule has 2 unspecified atom stereocenters. The quantitative estimate of drug-likeness (QED) is 0.317. The van der Waals surface area contributed by atoms with E-state index in [0.29, 0.717) is 12.1 Å². The van der Waals surface area contributed by atoms with Crippen LogP contribution in [0.15, 0.2) is 29.3 Å². The van der Waals surface area contributed by atoms with E-state index in [1.54, 1.807) is 7.11 Å². The predicted octanol–water partition coefficient (Wildman–Crippen LogP) is 3.10. The van der Waals surface area contributed by atoms with Crippen LogP contribution < -0.4 is 15.4 Å². The van der Waals surface area contributed by atoms with Gasteiger partial charge in [-0.15, -0.1) is 24.0 Å². The number of aliphatic imine (C=N–C) groups is 1. The smallest absolute Gasteiger partial charge is 0.191 e. The third kappa shape index (κ3) is 7.00. The van der Waals surface area contributed by atoms with Gasteiger partial charge in [-0.1, -0.05) is 12.1 Å². The Labute approximate surface area is 193 Å². The third-order valence-electron chi connectivity index (χ3n) is 6.00. The number of hydrogen-bond donors (Lipinski definition) is 2. The molecule has 6 nitrogen and oxygen atoms in total. The van der Waals surface area contributed by atoms with Gasteiger partial charge in [-0.25, -0.2) is 0 Å². The molecule has 0 amide bonds. The lowest BCUT2D eigenvalue weighted by molar-refractivity contribution is 0.251. The van der Waals surface area contributed by atoms with Gasteiger partial charge in [0.2, 0.25) is 0 Å². The molecule has 29 heavy (non-hydrogen) atoms. The number of nitrogens with one attached hydrogen (secondary N) is 2. The zero-order valence-corrected chi connectivity index (χ0v) is 20.5. The van der Waals surface area contributed by atoms with Gasteiger partial charge in [-0.3, -0.25) is 9.89 Å². The largest absolute Gasteiger partial charge is 0.497 e. The summed E-state index contributed by atoms with van der Waals surface area (Å²) in [6.45, 7) is 8.20. The molecule has 2 heterocycles. The molecule has 3 rings (SSSR count). The summed E-state index contributed by atoms with van der Waals surface area (Å²) in [4.78, 5) is 9.98. The Kier molecular flexibility index (Phi) is 10.5. The van der Waals surface area contributed by atoms with Crippen LogP contribution in [0.1, 0.15) is 44.2 Å². The van der Waals surface area contributed by atoms with E-state index in [1.807, 2.05) is 6.07 Å². The van der Waals surface area contributed by atoms with Crippen LogP contribution in [0, 0.1) is 0 Å². The van der Waals surface area contributed by atoms with Crippen molar-refractivity contribution in [2.45, 2.75) is 44.7 Å². The summed E-state index contributed by atoms with van der Waals surface area (Å²) < 4.78 is 5.45. The molecule has 2 aliphatic rings. The van der Waals surface area contributed by atoms with Crippen molar-refractivity contribution < 1.29 is 4.74 Å². The Hall–Kier alpha value is -1.06. The van der Waals surface area contributed by atoms with Gasteiger partial charge in [0.1, 0.15) is 5.75 Å². The van der Waals surface area contributed by atoms with E-state index < -0.39 is 0 Å². The first kappa shape index (κ1) is 24.2. The maximum absolute atomic E-state index is 5.45.